The van der Waals surface area contributed by atoms with Crippen molar-refractivity contribution in [1.82, 2.24) is 0 Å². The number of Topliss-reactive ketones (excluding diaryl/α,β-unsaturated/α-hetero) is 1. The minimum absolute atomic E-state index is 0.118. The predicted octanol–water partition coefficient (Wildman–Crippen LogP) is 5.14. The van der Waals surface area contributed by atoms with Gasteiger partial charge in [-0.25, -0.2) is 4.79 Å². The molecule has 28 heavy (non-hydrogen) atoms. The third kappa shape index (κ3) is 4.50. The van der Waals surface area contributed by atoms with Gasteiger partial charge in [-0.2, -0.15) is 0 Å². The molecular weight excluding hydrogens is 426 g/mol. The van der Waals surface area contributed by atoms with Crippen molar-refractivity contribution in [2.75, 3.05) is 0 Å². The largest absolute Gasteiger partial charge is 0.445 e. The van der Waals surface area contributed by atoms with E-state index in [2.05, 4.69) is 15.9 Å². The number of hydrogen-bond donors (Lipinski definition) is 0. The highest BCUT2D eigenvalue weighted by Gasteiger charge is 2.27. The maximum atomic E-state index is 13.0. The summed E-state index contributed by atoms with van der Waals surface area (Å²) in [7, 11) is 0. The van der Waals surface area contributed by atoms with Crippen LogP contribution in [0.4, 0.5) is 5.69 Å². The molecule has 0 fully saturated rings. The Balaban J connectivity index is 1.95. The topological polar surface area (TPSA) is 86.5 Å². The Labute approximate surface area is 169 Å². The fraction of sp³-hybridized carbons (Fsp3) is 0.0476. The molecule has 3 aromatic carbocycles. The van der Waals surface area contributed by atoms with Crippen LogP contribution in [0, 0.1) is 10.1 Å². The maximum Gasteiger partial charge on any atom is 0.339 e. The van der Waals surface area contributed by atoms with Gasteiger partial charge in [-0.15, -0.1) is 0 Å². The van der Waals surface area contributed by atoms with Crippen LogP contribution < -0.4 is 0 Å². The molecule has 3 rings (SSSR count). The first kappa shape index (κ1) is 19.4. The van der Waals surface area contributed by atoms with Crippen LogP contribution in [0.15, 0.2) is 83.3 Å². The molecule has 0 bridgehead atoms. The number of nitrogens with zero attached hydrogens (tertiary/aromatic N) is 1. The fourth-order valence-electron chi connectivity index (χ4n) is 2.59. The van der Waals surface area contributed by atoms with E-state index in [-0.39, 0.29) is 11.3 Å². The Bertz CT molecular complexity index is 1020. The average Bonchev–Trinajstić information content (AvgIpc) is 2.72. The number of halogens is 1. The van der Waals surface area contributed by atoms with Crippen molar-refractivity contribution in [3.05, 3.63) is 110 Å². The quantitative estimate of drug-likeness (QED) is 0.229. The number of carbonyl (C=O) groups is 2. The summed E-state index contributed by atoms with van der Waals surface area (Å²) in [5.41, 5.74) is 0.880. The van der Waals surface area contributed by atoms with Crippen LogP contribution in [0.1, 0.15) is 32.4 Å². The van der Waals surface area contributed by atoms with Crippen molar-refractivity contribution < 1.29 is 19.2 Å². The molecule has 0 aliphatic carbocycles. The third-order valence-electron chi connectivity index (χ3n) is 3.99. The Morgan fingerprint density at radius 2 is 1.54 bits per heavy atom. The van der Waals surface area contributed by atoms with Gasteiger partial charge in [0.1, 0.15) is 0 Å². The van der Waals surface area contributed by atoms with Gasteiger partial charge >= 0.3 is 5.97 Å². The molecule has 0 unspecified atom stereocenters. The first-order valence-corrected chi connectivity index (χ1v) is 9.05. The molecule has 1 atom stereocenters. The first-order chi connectivity index (χ1) is 13.5. The molecule has 0 heterocycles. The van der Waals surface area contributed by atoms with Crippen LogP contribution in [0.5, 0.6) is 0 Å². The van der Waals surface area contributed by atoms with Gasteiger partial charge < -0.3 is 4.74 Å². The number of ether oxygens (including phenoxy) is 1. The van der Waals surface area contributed by atoms with Gasteiger partial charge in [0.15, 0.2) is 6.10 Å². The van der Waals surface area contributed by atoms with Crippen LogP contribution >= 0.6 is 15.9 Å². The summed E-state index contributed by atoms with van der Waals surface area (Å²) in [6.07, 6.45) is -1.23. The van der Waals surface area contributed by atoms with Crippen molar-refractivity contribution >= 4 is 33.4 Å². The predicted molar refractivity (Wildman–Crippen MR) is 106 cm³/mol. The van der Waals surface area contributed by atoms with Crippen molar-refractivity contribution in [1.29, 1.82) is 0 Å². The van der Waals surface area contributed by atoms with Crippen molar-refractivity contribution in [2.24, 2.45) is 0 Å². The standard InChI is InChI=1S/C21H14BrNO5/c22-17-8-4-7-16(13-17)21(25)28-20(19(24)14-5-2-1-3-6-14)15-9-11-18(12-10-15)23(26)27/h1-13,20H/t20-/m1/s1. The molecule has 0 radical (unpaired) electrons. The van der Waals surface area contributed by atoms with Gasteiger partial charge in [-0.05, 0) is 30.3 Å². The van der Waals surface area contributed by atoms with Crippen LogP contribution in [-0.4, -0.2) is 16.7 Å². The molecule has 0 N–H and O–H groups in total. The van der Waals surface area contributed by atoms with Crippen molar-refractivity contribution in [3.63, 3.8) is 0 Å². The molecule has 0 amide bonds. The number of benzene rings is 3. The molecule has 0 saturated heterocycles. The summed E-state index contributed by atoms with van der Waals surface area (Å²) in [6, 6.07) is 20.4. The lowest BCUT2D eigenvalue weighted by molar-refractivity contribution is -0.384. The Morgan fingerprint density at radius 1 is 0.893 bits per heavy atom. The molecular formula is C21H14BrNO5. The number of carbonyl (C=O) groups excluding carboxylic acids is 2. The summed E-state index contributed by atoms with van der Waals surface area (Å²) in [6.45, 7) is 0. The smallest absolute Gasteiger partial charge is 0.339 e. The summed E-state index contributed by atoms with van der Waals surface area (Å²) < 4.78 is 6.21. The molecule has 0 aromatic heterocycles. The third-order valence-corrected chi connectivity index (χ3v) is 4.48. The second kappa shape index (κ2) is 8.58. The highest BCUT2D eigenvalue weighted by molar-refractivity contribution is 9.10. The van der Waals surface area contributed by atoms with Gasteiger partial charge in [-0.3, -0.25) is 14.9 Å². The molecule has 3 aromatic rings. The zero-order valence-corrected chi connectivity index (χ0v) is 16.0. The SMILES string of the molecule is O=C(O[C@@H](C(=O)c1ccccc1)c1ccc([N+](=O)[O-])cc1)c1cccc(Br)c1. The van der Waals surface area contributed by atoms with Gasteiger partial charge in [0.2, 0.25) is 5.78 Å². The summed E-state index contributed by atoms with van der Waals surface area (Å²) >= 11 is 3.29. The van der Waals surface area contributed by atoms with Crippen molar-refractivity contribution in [2.45, 2.75) is 6.10 Å². The lowest BCUT2D eigenvalue weighted by atomic mass is 9.99. The molecule has 0 spiro atoms. The lowest BCUT2D eigenvalue weighted by Gasteiger charge is -2.17. The number of nitro benzene ring substituents is 1. The van der Waals surface area contributed by atoms with E-state index in [1.54, 1.807) is 54.6 Å². The second-order valence-electron chi connectivity index (χ2n) is 5.87. The van der Waals surface area contributed by atoms with Gasteiger partial charge in [0, 0.05) is 27.7 Å². The van der Waals surface area contributed by atoms with Gasteiger partial charge in [-0.1, -0.05) is 52.3 Å². The van der Waals surface area contributed by atoms with Crippen LogP contribution in [0.3, 0.4) is 0 Å². The number of non-ortho nitro benzene ring substituents is 1. The zero-order chi connectivity index (χ0) is 20.1. The van der Waals surface area contributed by atoms with Gasteiger partial charge in [0.25, 0.3) is 5.69 Å². The highest BCUT2D eigenvalue weighted by Crippen LogP contribution is 2.26. The fourth-order valence-corrected chi connectivity index (χ4v) is 2.99. The number of hydrogen-bond acceptors (Lipinski definition) is 5. The molecule has 0 aliphatic rings. The number of esters is 1. The molecule has 0 aliphatic heterocycles. The zero-order valence-electron chi connectivity index (χ0n) is 14.4. The molecule has 6 nitrogen and oxygen atoms in total. The van der Waals surface area contributed by atoms with E-state index in [1.807, 2.05) is 0 Å². The Hall–Kier alpha value is -3.32. The molecule has 0 saturated carbocycles. The van der Waals surface area contributed by atoms with Crippen LogP contribution in [-0.2, 0) is 4.74 Å². The van der Waals surface area contributed by atoms with E-state index >= 15 is 0 Å². The second-order valence-corrected chi connectivity index (χ2v) is 6.79. The summed E-state index contributed by atoms with van der Waals surface area (Å²) in [4.78, 5) is 35.9. The van der Waals surface area contributed by atoms with Gasteiger partial charge in [0.05, 0.1) is 10.5 Å². The first-order valence-electron chi connectivity index (χ1n) is 8.26. The number of nitro groups is 1. The van der Waals surface area contributed by atoms with E-state index in [0.717, 1.165) is 0 Å². The maximum absolute atomic E-state index is 13.0. The minimum Gasteiger partial charge on any atom is -0.445 e. The average molecular weight is 440 g/mol. The normalized spacial score (nSPS) is 11.5. The van der Waals surface area contributed by atoms with E-state index in [1.165, 1.54) is 24.3 Å². The molecule has 7 heteroatoms. The van der Waals surface area contributed by atoms with Crippen LogP contribution in [0.25, 0.3) is 0 Å². The highest BCUT2D eigenvalue weighted by atomic mass is 79.9. The molecule has 140 valence electrons. The van der Waals surface area contributed by atoms with E-state index in [9.17, 15) is 19.7 Å². The monoisotopic (exact) mass is 439 g/mol. The van der Waals surface area contributed by atoms with E-state index < -0.39 is 22.8 Å². The Kier molecular flexibility index (Phi) is 5.96. The summed E-state index contributed by atoms with van der Waals surface area (Å²) in [5.74, 6) is -1.09. The number of rotatable bonds is 6. The van der Waals surface area contributed by atoms with Crippen LogP contribution in [0.2, 0.25) is 0 Å². The lowest BCUT2D eigenvalue weighted by Crippen LogP contribution is -2.20. The Morgan fingerprint density at radius 3 is 2.14 bits per heavy atom. The minimum atomic E-state index is -1.23. The van der Waals surface area contributed by atoms with E-state index in [0.29, 0.717) is 15.6 Å². The summed E-state index contributed by atoms with van der Waals surface area (Å²) in [5, 5.41) is 10.9. The number of ketones is 1. The van der Waals surface area contributed by atoms with E-state index in [4.69, 9.17) is 4.74 Å². The van der Waals surface area contributed by atoms with Crippen molar-refractivity contribution in [3.8, 4) is 0 Å².